The molecule has 1 saturated heterocycles. The molecule has 0 aliphatic carbocycles. The summed E-state index contributed by atoms with van der Waals surface area (Å²) >= 11 is 0. The van der Waals surface area contributed by atoms with Gasteiger partial charge in [0.25, 0.3) is 0 Å². The molecule has 172 valence electrons. The third kappa shape index (κ3) is 5.41. The highest BCUT2D eigenvalue weighted by atomic mass is 16.7. The number of ether oxygens (including phenoxy) is 4. The van der Waals surface area contributed by atoms with Gasteiger partial charge in [-0.15, -0.1) is 0 Å². The van der Waals surface area contributed by atoms with E-state index in [2.05, 4.69) is 46.2 Å². The first-order valence-electron chi connectivity index (χ1n) is 11.4. The number of methoxy groups -OCH3 is 1. The average molecular weight is 447 g/mol. The Morgan fingerprint density at radius 2 is 1.36 bits per heavy atom. The van der Waals surface area contributed by atoms with Gasteiger partial charge in [-0.3, -0.25) is 9.80 Å². The van der Waals surface area contributed by atoms with E-state index in [4.69, 9.17) is 18.9 Å². The Kier molecular flexibility index (Phi) is 6.65. The quantitative estimate of drug-likeness (QED) is 0.514. The largest absolute Gasteiger partial charge is 0.493 e. The first-order chi connectivity index (χ1) is 16.3. The van der Waals surface area contributed by atoms with E-state index in [1.54, 1.807) is 7.11 Å². The molecule has 5 rings (SSSR count). The number of hydrogen-bond acceptors (Lipinski definition) is 6. The van der Waals surface area contributed by atoms with Gasteiger partial charge in [0.2, 0.25) is 6.79 Å². The molecular weight excluding hydrogens is 416 g/mol. The zero-order valence-electron chi connectivity index (χ0n) is 19.0. The second-order valence-corrected chi connectivity index (χ2v) is 8.50. The summed E-state index contributed by atoms with van der Waals surface area (Å²) in [6, 6.07) is 22.7. The van der Waals surface area contributed by atoms with Gasteiger partial charge >= 0.3 is 0 Å². The maximum atomic E-state index is 6.09. The van der Waals surface area contributed by atoms with Crippen molar-refractivity contribution < 1.29 is 18.9 Å². The van der Waals surface area contributed by atoms with Gasteiger partial charge in [-0.05, 0) is 41.0 Å². The van der Waals surface area contributed by atoms with E-state index in [1.165, 1.54) is 11.1 Å². The molecule has 0 amide bonds. The smallest absolute Gasteiger partial charge is 0.231 e. The molecule has 6 nitrogen and oxygen atoms in total. The molecule has 0 radical (unpaired) electrons. The highest BCUT2D eigenvalue weighted by Gasteiger charge is 2.19. The molecule has 0 atom stereocenters. The van der Waals surface area contributed by atoms with E-state index in [1.807, 2.05) is 30.3 Å². The van der Waals surface area contributed by atoms with E-state index >= 15 is 0 Å². The minimum Gasteiger partial charge on any atom is -0.493 e. The van der Waals surface area contributed by atoms with Crippen LogP contribution in [0.15, 0.2) is 66.7 Å². The third-order valence-corrected chi connectivity index (χ3v) is 6.18. The molecule has 3 aromatic rings. The maximum absolute atomic E-state index is 6.09. The molecule has 0 aromatic heterocycles. The lowest BCUT2D eigenvalue weighted by molar-refractivity contribution is 0.122. The Morgan fingerprint density at radius 1 is 0.697 bits per heavy atom. The van der Waals surface area contributed by atoms with Gasteiger partial charge in [0, 0.05) is 39.3 Å². The summed E-state index contributed by atoms with van der Waals surface area (Å²) in [7, 11) is 1.68. The summed E-state index contributed by atoms with van der Waals surface area (Å²) in [4.78, 5) is 5.00. The van der Waals surface area contributed by atoms with Crippen molar-refractivity contribution in [3.05, 3.63) is 83.4 Å². The van der Waals surface area contributed by atoms with Crippen LogP contribution in [0.5, 0.6) is 23.0 Å². The summed E-state index contributed by atoms with van der Waals surface area (Å²) in [5, 5.41) is 0. The summed E-state index contributed by atoms with van der Waals surface area (Å²) in [6.45, 7) is 6.85. The molecule has 0 unspecified atom stereocenters. The molecule has 2 heterocycles. The predicted molar refractivity (Wildman–Crippen MR) is 127 cm³/mol. The predicted octanol–water partition coefficient (Wildman–Crippen LogP) is 4.32. The lowest BCUT2D eigenvalue weighted by Gasteiger charge is -2.34. The van der Waals surface area contributed by atoms with Crippen molar-refractivity contribution in [2.24, 2.45) is 0 Å². The molecule has 0 spiro atoms. The Bertz CT molecular complexity index is 1060. The van der Waals surface area contributed by atoms with Crippen LogP contribution in [-0.2, 0) is 19.7 Å². The van der Waals surface area contributed by atoms with Crippen molar-refractivity contribution in [3.8, 4) is 23.0 Å². The van der Waals surface area contributed by atoms with Gasteiger partial charge in [-0.2, -0.15) is 0 Å². The molecule has 2 aliphatic rings. The van der Waals surface area contributed by atoms with Crippen molar-refractivity contribution in [1.82, 2.24) is 9.80 Å². The molecular formula is C27H30N2O4. The first kappa shape index (κ1) is 21.6. The second kappa shape index (κ2) is 10.1. The number of hydrogen-bond donors (Lipinski definition) is 0. The Balaban J connectivity index is 1.15. The topological polar surface area (TPSA) is 43.4 Å². The molecule has 33 heavy (non-hydrogen) atoms. The zero-order chi connectivity index (χ0) is 22.5. The number of piperazine rings is 1. The SMILES string of the molecule is COc1ccc(CN2CCN(Cc3ccc4c(c3)OCO4)CC2)cc1OCc1ccccc1. The maximum Gasteiger partial charge on any atom is 0.231 e. The van der Waals surface area contributed by atoms with Crippen LogP contribution >= 0.6 is 0 Å². The number of rotatable bonds is 8. The minimum atomic E-state index is 0.321. The average Bonchev–Trinajstić information content (AvgIpc) is 3.33. The normalized spacial score (nSPS) is 16.0. The number of nitrogens with zero attached hydrogens (tertiary/aromatic N) is 2. The van der Waals surface area contributed by atoms with Gasteiger partial charge in [0.15, 0.2) is 23.0 Å². The fourth-order valence-corrected chi connectivity index (χ4v) is 4.33. The van der Waals surface area contributed by atoms with Gasteiger partial charge in [0.05, 0.1) is 7.11 Å². The Hall–Kier alpha value is -3.22. The molecule has 0 N–H and O–H groups in total. The highest BCUT2D eigenvalue weighted by molar-refractivity contribution is 5.44. The molecule has 1 fully saturated rings. The van der Waals surface area contributed by atoms with E-state index in [0.29, 0.717) is 13.4 Å². The fourth-order valence-electron chi connectivity index (χ4n) is 4.33. The monoisotopic (exact) mass is 446 g/mol. The van der Waals surface area contributed by atoms with Crippen LogP contribution in [0.2, 0.25) is 0 Å². The van der Waals surface area contributed by atoms with Gasteiger partial charge < -0.3 is 18.9 Å². The second-order valence-electron chi connectivity index (χ2n) is 8.50. The van der Waals surface area contributed by atoms with Crippen molar-refractivity contribution in [2.75, 3.05) is 40.1 Å². The highest BCUT2D eigenvalue weighted by Crippen LogP contribution is 2.33. The standard InChI is InChI=1S/C27H30N2O4/c1-30-24-9-7-22(15-26(24)31-19-21-5-3-2-4-6-21)17-28-11-13-29(14-12-28)18-23-8-10-25-27(16-23)33-20-32-25/h2-10,15-16H,11-14,17-20H2,1H3. The molecule has 0 bridgehead atoms. The lowest BCUT2D eigenvalue weighted by Crippen LogP contribution is -2.45. The zero-order valence-corrected chi connectivity index (χ0v) is 19.0. The van der Waals surface area contributed by atoms with Crippen LogP contribution in [0, 0.1) is 0 Å². The fraction of sp³-hybridized carbons (Fsp3) is 0.333. The summed E-state index contributed by atoms with van der Waals surface area (Å²) in [5.74, 6) is 3.26. The van der Waals surface area contributed by atoms with Crippen molar-refractivity contribution in [3.63, 3.8) is 0 Å². The molecule has 0 saturated carbocycles. The van der Waals surface area contributed by atoms with Crippen molar-refractivity contribution >= 4 is 0 Å². The third-order valence-electron chi connectivity index (χ3n) is 6.18. The van der Waals surface area contributed by atoms with E-state index in [9.17, 15) is 0 Å². The first-order valence-corrected chi connectivity index (χ1v) is 11.4. The number of fused-ring (bicyclic) bond motifs is 1. The van der Waals surface area contributed by atoms with Crippen LogP contribution in [0.4, 0.5) is 0 Å². The molecule has 6 heteroatoms. The summed E-state index contributed by atoms with van der Waals surface area (Å²) in [5.41, 5.74) is 3.65. The van der Waals surface area contributed by atoms with Crippen LogP contribution in [0.25, 0.3) is 0 Å². The van der Waals surface area contributed by atoms with Crippen LogP contribution < -0.4 is 18.9 Å². The number of benzene rings is 3. The van der Waals surface area contributed by atoms with Crippen LogP contribution in [0.3, 0.4) is 0 Å². The van der Waals surface area contributed by atoms with Crippen molar-refractivity contribution in [2.45, 2.75) is 19.7 Å². The van der Waals surface area contributed by atoms with Crippen molar-refractivity contribution in [1.29, 1.82) is 0 Å². The van der Waals surface area contributed by atoms with E-state index in [-0.39, 0.29) is 0 Å². The van der Waals surface area contributed by atoms with Crippen LogP contribution in [0.1, 0.15) is 16.7 Å². The Labute approximate surface area is 195 Å². The minimum absolute atomic E-state index is 0.321. The molecule has 2 aliphatic heterocycles. The van der Waals surface area contributed by atoms with Gasteiger partial charge in [0.1, 0.15) is 6.61 Å². The van der Waals surface area contributed by atoms with E-state index < -0.39 is 0 Å². The Morgan fingerprint density at radius 3 is 2.09 bits per heavy atom. The molecule has 3 aromatic carbocycles. The summed E-state index contributed by atoms with van der Waals surface area (Å²) in [6.07, 6.45) is 0. The lowest BCUT2D eigenvalue weighted by atomic mass is 10.1. The van der Waals surface area contributed by atoms with E-state index in [0.717, 1.165) is 67.8 Å². The van der Waals surface area contributed by atoms with Gasteiger partial charge in [-0.1, -0.05) is 42.5 Å². The van der Waals surface area contributed by atoms with Gasteiger partial charge in [-0.25, -0.2) is 0 Å². The summed E-state index contributed by atoms with van der Waals surface area (Å²) < 4.78 is 22.5. The van der Waals surface area contributed by atoms with Crippen LogP contribution in [-0.4, -0.2) is 49.9 Å².